The number of rotatable bonds is 3. The number of anilines is 1. The van der Waals surface area contributed by atoms with Gasteiger partial charge in [-0.3, -0.25) is 0 Å². The summed E-state index contributed by atoms with van der Waals surface area (Å²) in [5.41, 5.74) is 0.524. The largest absolute Gasteiger partial charge is 0.393 e. The molecule has 5 heteroatoms. The van der Waals surface area contributed by atoms with Crippen molar-refractivity contribution in [2.24, 2.45) is 5.92 Å². The maximum atomic E-state index is 9.41. The summed E-state index contributed by atoms with van der Waals surface area (Å²) < 4.78 is 0. The molecule has 90 valence electrons. The third-order valence-electron chi connectivity index (χ3n) is 3.22. The number of aliphatic hydroxyl groups is 1. The highest BCUT2D eigenvalue weighted by Crippen LogP contribution is 2.24. The van der Waals surface area contributed by atoms with E-state index < -0.39 is 0 Å². The van der Waals surface area contributed by atoms with E-state index in [0.29, 0.717) is 17.3 Å². The van der Waals surface area contributed by atoms with E-state index in [9.17, 15) is 5.11 Å². The second-order valence-electron chi connectivity index (χ2n) is 4.46. The van der Waals surface area contributed by atoms with Gasteiger partial charge in [-0.2, -0.15) is 10.4 Å². The van der Waals surface area contributed by atoms with E-state index in [4.69, 9.17) is 5.26 Å². The van der Waals surface area contributed by atoms with Gasteiger partial charge in [0.1, 0.15) is 6.07 Å². The van der Waals surface area contributed by atoms with E-state index >= 15 is 0 Å². The van der Waals surface area contributed by atoms with Crippen molar-refractivity contribution < 1.29 is 5.11 Å². The van der Waals surface area contributed by atoms with Crippen LogP contribution in [0.2, 0.25) is 0 Å². The van der Waals surface area contributed by atoms with Crippen LogP contribution in [0.5, 0.6) is 0 Å². The number of hydrogen-bond donors (Lipinski definition) is 2. The van der Waals surface area contributed by atoms with Crippen LogP contribution in [0.4, 0.5) is 5.82 Å². The monoisotopic (exact) mass is 232 g/mol. The van der Waals surface area contributed by atoms with Gasteiger partial charge >= 0.3 is 0 Å². The number of hydrogen-bond acceptors (Lipinski definition) is 5. The highest BCUT2D eigenvalue weighted by Gasteiger charge is 2.19. The fourth-order valence-corrected chi connectivity index (χ4v) is 2.14. The normalized spacial score (nSPS) is 24.0. The predicted molar refractivity (Wildman–Crippen MR) is 63.2 cm³/mol. The van der Waals surface area contributed by atoms with Crippen LogP contribution >= 0.6 is 0 Å². The van der Waals surface area contributed by atoms with Crippen molar-refractivity contribution in [3.8, 4) is 6.07 Å². The maximum absolute atomic E-state index is 9.41. The molecule has 0 unspecified atom stereocenters. The summed E-state index contributed by atoms with van der Waals surface area (Å²) >= 11 is 0. The van der Waals surface area contributed by atoms with Crippen molar-refractivity contribution in [2.45, 2.75) is 31.8 Å². The first-order chi connectivity index (χ1) is 8.29. The molecule has 0 spiro atoms. The predicted octanol–water partition coefficient (Wildman–Crippen LogP) is 1.31. The van der Waals surface area contributed by atoms with Crippen molar-refractivity contribution >= 4 is 5.82 Å². The first-order valence-electron chi connectivity index (χ1n) is 5.93. The van der Waals surface area contributed by atoms with Gasteiger partial charge in [-0.15, -0.1) is 5.10 Å². The quantitative estimate of drug-likeness (QED) is 0.821. The third kappa shape index (κ3) is 3.14. The second-order valence-corrected chi connectivity index (χ2v) is 4.46. The van der Waals surface area contributed by atoms with Crippen LogP contribution in [0.1, 0.15) is 31.2 Å². The molecule has 1 aromatic heterocycles. The van der Waals surface area contributed by atoms with Crippen LogP contribution in [0.15, 0.2) is 12.3 Å². The van der Waals surface area contributed by atoms with Crippen LogP contribution in [0.3, 0.4) is 0 Å². The zero-order valence-electron chi connectivity index (χ0n) is 9.63. The zero-order valence-corrected chi connectivity index (χ0v) is 9.63. The molecule has 1 aliphatic carbocycles. The van der Waals surface area contributed by atoms with Crippen LogP contribution in [0, 0.1) is 17.2 Å². The minimum absolute atomic E-state index is 0.127. The minimum atomic E-state index is -0.127. The van der Waals surface area contributed by atoms with Crippen molar-refractivity contribution in [1.29, 1.82) is 5.26 Å². The lowest BCUT2D eigenvalue weighted by atomic mass is 9.87. The van der Waals surface area contributed by atoms with Crippen molar-refractivity contribution in [1.82, 2.24) is 10.2 Å². The Labute approximate surface area is 100 Å². The molecule has 0 saturated heterocycles. The van der Waals surface area contributed by atoms with E-state index in [0.717, 1.165) is 32.2 Å². The van der Waals surface area contributed by atoms with Gasteiger partial charge in [-0.25, -0.2) is 0 Å². The van der Waals surface area contributed by atoms with Crippen LogP contribution in [-0.2, 0) is 0 Å². The molecule has 0 radical (unpaired) electrons. The first kappa shape index (κ1) is 11.8. The number of aliphatic hydroxyl groups excluding tert-OH is 1. The lowest BCUT2D eigenvalue weighted by Gasteiger charge is -2.25. The Kier molecular flexibility index (Phi) is 3.89. The van der Waals surface area contributed by atoms with Crippen LogP contribution in [-0.4, -0.2) is 28.0 Å². The Hall–Kier alpha value is -1.67. The standard InChI is InChI=1S/C12H16N4O/c13-7-10-5-6-15-16-12(10)14-8-9-1-3-11(17)4-2-9/h5-6,9,11,17H,1-4,8H2,(H,14,16). The molecular formula is C12H16N4O. The van der Waals surface area contributed by atoms with E-state index in [1.54, 1.807) is 6.07 Å². The van der Waals surface area contributed by atoms with Gasteiger partial charge in [0.2, 0.25) is 0 Å². The lowest BCUT2D eigenvalue weighted by molar-refractivity contribution is 0.111. The van der Waals surface area contributed by atoms with Crippen molar-refractivity contribution in [2.75, 3.05) is 11.9 Å². The SMILES string of the molecule is N#Cc1ccnnc1NCC1CCC(O)CC1. The zero-order chi connectivity index (χ0) is 12.1. The molecule has 1 aromatic rings. The fraction of sp³-hybridized carbons (Fsp3) is 0.583. The topological polar surface area (TPSA) is 81.8 Å². The highest BCUT2D eigenvalue weighted by molar-refractivity contribution is 5.50. The molecule has 5 nitrogen and oxygen atoms in total. The number of nitrogens with one attached hydrogen (secondary N) is 1. The summed E-state index contributed by atoms with van der Waals surface area (Å²) in [4.78, 5) is 0. The molecule has 0 aliphatic heterocycles. The molecule has 0 atom stereocenters. The van der Waals surface area contributed by atoms with Crippen LogP contribution < -0.4 is 5.32 Å². The van der Waals surface area contributed by atoms with Gasteiger partial charge in [0.15, 0.2) is 5.82 Å². The Bertz CT molecular complexity index is 407. The smallest absolute Gasteiger partial charge is 0.166 e. The summed E-state index contributed by atoms with van der Waals surface area (Å²) in [5.74, 6) is 1.10. The molecule has 17 heavy (non-hydrogen) atoms. The molecule has 0 bridgehead atoms. The van der Waals surface area contributed by atoms with Gasteiger partial charge in [-0.1, -0.05) is 0 Å². The average Bonchev–Trinajstić information content (AvgIpc) is 2.38. The van der Waals surface area contributed by atoms with Gasteiger partial charge in [0, 0.05) is 6.54 Å². The molecule has 1 aliphatic rings. The highest BCUT2D eigenvalue weighted by atomic mass is 16.3. The van der Waals surface area contributed by atoms with Crippen molar-refractivity contribution in [3.63, 3.8) is 0 Å². The molecule has 0 amide bonds. The van der Waals surface area contributed by atoms with E-state index in [2.05, 4.69) is 21.6 Å². The third-order valence-corrected chi connectivity index (χ3v) is 3.22. The molecule has 2 rings (SSSR count). The first-order valence-corrected chi connectivity index (χ1v) is 5.93. The molecule has 1 heterocycles. The molecule has 1 saturated carbocycles. The summed E-state index contributed by atoms with van der Waals surface area (Å²) in [7, 11) is 0. The molecular weight excluding hydrogens is 216 g/mol. The summed E-state index contributed by atoms with van der Waals surface area (Å²) in [6, 6.07) is 3.74. The van der Waals surface area contributed by atoms with Gasteiger partial charge in [0.05, 0.1) is 17.9 Å². The summed E-state index contributed by atoms with van der Waals surface area (Å²) in [6.07, 6.45) is 5.18. The Morgan fingerprint density at radius 1 is 1.41 bits per heavy atom. The fourth-order valence-electron chi connectivity index (χ4n) is 2.14. The Balaban J connectivity index is 1.88. The summed E-state index contributed by atoms with van der Waals surface area (Å²) in [6.45, 7) is 0.792. The lowest BCUT2D eigenvalue weighted by Crippen LogP contribution is -2.24. The van der Waals surface area contributed by atoms with E-state index in [1.165, 1.54) is 6.20 Å². The number of nitrogens with zero attached hydrogens (tertiary/aromatic N) is 3. The summed E-state index contributed by atoms with van der Waals surface area (Å²) in [5, 5.41) is 29.2. The van der Waals surface area contributed by atoms with Gasteiger partial charge in [0.25, 0.3) is 0 Å². The van der Waals surface area contributed by atoms with Crippen LogP contribution in [0.25, 0.3) is 0 Å². The van der Waals surface area contributed by atoms with Gasteiger partial charge in [-0.05, 0) is 37.7 Å². The number of nitriles is 1. The molecule has 1 fully saturated rings. The molecule has 0 aromatic carbocycles. The Morgan fingerprint density at radius 3 is 2.88 bits per heavy atom. The van der Waals surface area contributed by atoms with Gasteiger partial charge < -0.3 is 10.4 Å². The maximum Gasteiger partial charge on any atom is 0.166 e. The van der Waals surface area contributed by atoms with Crippen molar-refractivity contribution in [3.05, 3.63) is 17.8 Å². The number of aromatic nitrogens is 2. The molecule has 2 N–H and O–H groups in total. The van der Waals surface area contributed by atoms with E-state index in [1.807, 2.05) is 0 Å². The average molecular weight is 232 g/mol. The minimum Gasteiger partial charge on any atom is -0.393 e. The Morgan fingerprint density at radius 2 is 2.18 bits per heavy atom. The van der Waals surface area contributed by atoms with E-state index in [-0.39, 0.29) is 6.10 Å². The second kappa shape index (κ2) is 5.60.